The molecule has 0 spiro atoms. The lowest BCUT2D eigenvalue weighted by molar-refractivity contribution is 0.766. The maximum absolute atomic E-state index is 5.78. The first-order valence-electron chi connectivity index (χ1n) is 6.50. The van der Waals surface area contributed by atoms with Crippen molar-refractivity contribution < 1.29 is 0 Å². The molecule has 0 amide bonds. The molecule has 2 rings (SSSR count). The molecule has 3 heteroatoms. The van der Waals surface area contributed by atoms with Crippen LogP contribution in [0.3, 0.4) is 0 Å². The molecule has 0 aliphatic carbocycles. The van der Waals surface area contributed by atoms with Gasteiger partial charge in [0.25, 0.3) is 0 Å². The van der Waals surface area contributed by atoms with Crippen molar-refractivity contribution in [2.45, 2.75) is 40.2 Å². The topological polar surface area (TPSA) is 43.8 Å². The fourth-order valence-electron chi connectivity index (χ4n) is 2.38. The van der Waals surface area contributed by atoms with Crippen molar-refractivity contribution in [1.29, 1.82) is 0 Å². The van der Waals surface area contributed by atoms with Gasteiger partial charge in [0.05, 0.1) is 11.9 Å². The predicted octanol–water partition coefficient (Wildman–Crippen LogP) is 2.90. The molecule has 0 unspecified atom stereocenters. The standard InChI is InChI=1S/C15H21N3/c1-4-5-15-13(9-16)10-17-18(15)14-7-11(2)6-12(3)8-14/h6-8,10H,4-5,9,16H2,1-3H3. The summed E-state index contributed by atoms with van der Waals surface area (Å²) in [7, 11) is 0. The summed E-state index contributed by atoms with van der Waals surface area (Å²) in [5, 5.41) is 4.49. The van der Waals surface area contributed by atoms with Crippen LogP contribution in [0.4, 0.5) is 0 Å². The van der Waals surface area contributed by atoms with E-state index in [1.54, 1.807) is 0 Å². The van der Waals surface area contributed by atoms with Gasteiger partial charge in [0, 0.05) is 17.8 Å². The zero-order chi connectivity index (χ0) is 13.1. The lowest BCUT2D eigenvalue weighted by Gasteiger charge is -2.10. The first-order chi connectivity index (χ1) is 8.65. The Balaban J connectivity index is 2.52. The van der Waals surface area contributed by atoms with Gasteiger partial charge < -0.3 is 5.73 Å². The predicted molar refractivity (Wildman–Crippen MR) is 74.9 cm³/mol. The molecule has 1 aromatic carbocycles. The fourth-order valence-corrected chi connectivity index (χ4v) is 2.38. The number of rotatable bonds is 4. The second-order valence-electron chi connectivity index (χ2n) is 4.83. The number of hydrogen-bond donors (Lipinski definition) is 1. The average molecular weight is 243 g/mol. The van der Waals surface area contributed by atoms with E-state index in [0.29, 0.717) is 6.54 Å². The molecule has 0 radical (unpaired) electrons. The van der Waals surface area contributed by atoms with E-state index in [2.05, 4.69) is 44.1 Å². The Morgan fingerprint density at radius 3 is 2.39 bits per heavy atom. The normalized spacial score (nSPS) is 10.9. The first kappa shape index (κ1) is 12.8. The molecule has 96 valence electrons. The lowest BCUT2D eigenvalue weighted by atomic mass is 10.1. The van der Waals surface area contributed by atoms with Crippen LogP contribution < -0.4 is 5.73 Å². The van der Waals surface area contributed by atoms with Gasteiger partial charge in [-0.3, -0.25) is 0 Å². The van der Waals surface area contributed by atoms with Crippen molar-refractivity contribution in [2.24, 2.45) is 5.73 Å². The highest BCUT2D eigenvalue weighted by atomic mass is 15.3. The van der Waals surface area contributed by atoms with Crippen molar-refractivity contribution in [3.63, 3.8) is 0 Å². The van der Waals surface area contributed by atoms with Gasteiger partial charge in [-0.25, -0.2) is 4.68 Å². The van der Waals surface area contributed by atoms with E-state index in [1.165, 1.54) is 16.8 Å². The highest BCUT2D eigenvalue weighted by molar-refractivity contribution is 5.41. The molecule has 2 N–H and O–H groups in total. The summed E-state index contributed by atoms with van der Waals surface area (Å²) in [5.41, 5.74) is 11.8. The van der Waals surface area contributed by atoms with Crippen LogP contribution in [-0.2, 0) is 13.0 Å². The fraction of sp³-hybridized carbons (Fsp3) is 0.400. The zero-order valence-corrected chi connectivity index (χ0v) is 11.4. The van der Waals surface area contributed by atoms with Crippen LogP contribution in [0.5, 0.6) is 0 Å². The van der Waals surface area contributed by atoms with Crippen LogP contribution >= 0.6 is 0 Å². The van der Waals surface area contributed by atoms with E-state index < -0.39 is 0 Å². The molecule has 1 aromatic heterocycles. The molecule has 1 heterocycles. The molecule has 0 saturated carbocycles. The second-order valence-corrected chi connectivity index (χ2v) is 4.83. The average Bonchev–Trinajstić information content (AvgIpc) is 2.71. The zero-order valence-electron chi connectivity index (χ0n) is 11.4. The molecule has 3 nitrogen and oxygen atoms in total. The third kappa shape index (κ3) is 2.46. The van der Waals surface area contributed by atoms with Crippen LogP contribution in [0.15, 0.2) is 24.4 Å². The van der Waals surface area contributed by atoms with E-state index in [1.807, 2.05) is 10.9 Å². The summed E-state index contributed by atoms with van der Waals surface area (Å²) in [6, 6.07) is 6.51. The minimum Gasteiger partial charge on any atom is -0.326 e. The number of hydrogen-bond acceptors (Lipinski definition) is 2. The third-order valence-corrected chi connectivity index (χ3v) is 3.11. The van der Waals surface area contributed by atoms with E-state index in [-0.39, 0.29) is 0 Å². The number of nitrogens with zero attached hydrogens (tertiary/aromatic N) is 2. The first-order valence-corrected chi connectivity index (χ1v) is 6.50. The molecule has 2 aromatic rings. The highest BCUT2D eigenvalue weighted by Crippen LogP contribution is 2.19. The maximum atomic E-state index is 5.78. The Bertz CT molecular complexity index is 520. The van der Waals surface area contributed by atoms with Crippen molar-refractivity contribution in [3.8, 4) is 5.69 Å². The van der Waals surface area contributed by atoms with Gasteiger partial charge in [0.1, 0.15) is 0 Å². The Hall–Kier alpha value is -1.61. The van der Waals surface area contributed by atoms with Crippen LogP contribution in [-0.4, -0.2) is 9.78 Å². The Morgan fingerprint density at radius 1 is 1.17 bits per heavy atom. The van der Waals surface area contributed by atoms with E-state index in [0.717, 1.165) is 24.1 Å². The minimum atomic E-state index is 0.556. The van der Waals surface area contributed by atoms with Gasteiger partial charge >= 0.3 is 0 Å². The number of nitrogens with two attached hydrogens (primary N) is 1. The summed E-state index contributed by atoms with van der Waals surface area (Å²) >= 11 is 0. The Morgan fingerprint density at radius 2 is 1.83 bits per heavy atom. The SMILES string of the molecule is CCCc1c(CN)cnn1-c1cc(C)cc(C)c1. The second kappa shape index (κ2) is 5.36. The quantitative estimate of drug-likeness (QED) is 0.897. The van der Waals surface area contributed by atoms with Crippen molar-refractivity contribution >= 4 is 0 Å². The van der Waals surface area contributed by atoms with Gasteiger partial charge in [0.15, 0.2) is 0 Å². The molecule has 0 saturated heterocycles. The molecular formula is C15H21N3. The number of aromatic nitrogens is 2. The van der Waals surface area contributed by atoms with Gasteiger partial charge in [-0.05, 0) is 43.5 Å². The molecule has 0 aliphatic rings. The van der Waals surface area contributed by atoms with E-state index in [9.17, 15) is 0 Å². The van der Waals surface area contributed by atoms with Crippen LogP contribution in [0.2, 0.25) is 0 Å². The third-order valence-electron chi connectivity index (χ3n) is 3.11. The summed E-state index contributed by atoms with van der Waals surface area (Å²) in [6.45, 7) is 6.96. The molecule has 18 heavy (non-hydrogen) atoms. The van der Waals surface area contributed by atoms with Gasteiger partial charge in [-0.1, -0.05) is 19.4 Å². The van der Waals surface area contributed by atoms with Crippen molar-refractivity contribution in [2.75, 3.05) is 0 Å². The molecule has 0 aliphatic heterocycles. The molecule has 0 bridgehead atoms. The number of benzene rings is 1. The van der Waals surface area contributed by atoms with Gasteiger partial charge in [0.2, 0.25) is 0 Å². The highest BCUT2D eigenvalue weighted by Gasteiger charge is 2.10. The minimum absolute atomic E-state index is 0.556. The largest absolute Gasteiger partial charge is 0.326 e. The summed E-state index contributed by atoms with van der Waals surface area (Å²) in [6.07, 6.45) is 4.01. The summed E-state index contributed by atoms with van der Waals surface area (Å²) in [4.78, 5) is 0. The van der Waals surface area contributed by atoms with Crippen LogP contribution in [0.1, 0.15) is 35.7 Å². The maximum Gasteiger partial charge on any atom is 0.0654 e. The lowest BCUT2D eigenvalue weighted by Crippen LogP contribution is -2.06. The van der Waals surface area contributed by atoms with Gasteiger partial charge in [-0.15, -0.1) is 0 Å². The molecule has 0 atom stereocenters. The molecular weight excluding hydrogens is 222 g/mol. The monoisotopic (exact) mass is 243 g/mol. The molecule has 0 fully saturated rings. The summed E-state index contributed by atoms with van der Waals surface area (Å²) < 4.78 is 2.03. The van der Waals surface area contributed by atoms with Crippen LogP contribution in [0.25, 0.3) is 5.69 Å². The van der Waals surface area contributed by atoms with E-state index in [4.69, 9.17) is 5.73 Å². The number of aryl methyl sites for hydroxylation is 2. The van der Waals surface area contributed by atoms with E-state index >= 15 is 0 Å². The Kier molecular flexibility index (Phi) is 3.82. The summed E-state index contributed by atoms with van der Waals surface area (Å²) in [5.74, 6) is 0. The smallest absolute Gasteiger partial charge is 0.0654 e. The van der Waals surface area contributed by atoms with Gasteiger partial charge in [-0.2, -0.15) is 5.10 Å². The van der Waals surface area contributed by atoms with Crippen LogP contribution in [0, 0.1) is 13.8 Å². The van der Waals surface area contributed by atoms with Crippen molar-refractivity contribution in [3.05, 3.63) is 46.8 Å². The Labute approximate surface area is 109 Å². The van der Waals surface area contributed by atoms with Crippen molar-refractivity contribution in [1.82, 2.24) is 9.78 Å².